The lowest BCUT2D eigenvalue weighted by atomic mass is 10.1. The lowest BCUT2D eigenvalue weighted by Crippen LogP contribution is -2.44. The van der Waals surface area contributed by atoms with E-state index in [1.165, 1.54) is 6.07 Å². The molecule has 4 rings (SSSR count). The van der Waals surface area contributed by atoms with Gasteiger partial charge in [-0.25, -0.2) is 9.18 Å². The maximum atomic E-state index is 14.1. The molecule has 1 saturated carbocycles. The number of carbonyl (C=O) groups is 1. The molecule has 1 fully saturated rings. The number of hydrogen-bond acceptors (Lipinski definition) is 2. The molecular weight excluding hydrogens is 355 g/mol. The molecule has 2 N–H and O–H groups in total. The third-order valence-corrected chi connectivity index (χ3v) is 5.48. The zero-order valence-electron chi connectivity index (χ0n) is 14.2. The first kappa shape index (κ1) is 17.3. The van der Waals surface area contributed by atoms with Crippen LogP contribution in [0, 0.1) is 5.82 Å². The fourth-order valence-corrected chi connectivity index (χ4v) is 3.79. The zero-order chi connectivity index (χ0) is 18.3. The van der Waals surface area contributed by atoms with Crippen LogP contribution in [-0.2, 0) is 13.0 Å². The maximum absolute atomic E-state index is 14.1. The summed E-state index contributed by atoms with van der Waals surface area (Å²) >= 11 is 6.13. The largest absolute Gasteiger partial charge is 0.390 e. The van der Waals surface area contributed by atoms with Crippen molar-refractivity contribution >= 4 is 17.6 Å². The van der Waals surface area contributed by atoms with E-state index in [0.717, 1.165) is 24.0 Å². The average Bonchev–Trinajstić information content (AvgIpc) is 3.40. The Kier molecular flexibility index (Phi) is 4.59. The molecule has 2 amide bonds. The van der Waals surface area contributed by atoms with Crippen LogP contribution in [-0.4, -0.2) is 28.2 Å². The summed E-state index contributed by atoms with van der Waals surface area (Å²) in [6, 6.07) is 11.6. The molecule has 2 aliphatic rings. The second-order valence-electron chi connectivity index (χ2n) is 6.96. The highest BCUT2D eigenvalue weighted by Gasteiger charge is 2.37. The van der Waals surface area contributed by atoms with E-state index in [9.17, 15) is 14.3 Å². The Bertz CT molecular complexity index is 820. The van der Waals surface area contributed by atoms with Crippen LogP contribution < -0.4 is 5.32 Å². The maximum Gasteiger partial charge on any atom is 0.318 e. The summed E-state index contributed by atoms with van der Waals surface area (Å²) in [5, 5.41) is 13.6. The van der Waals surface area contributed by atoms with E-state index in [4.69, 9.17) is 11.6 Å². The molecule has 0 heterocycles. The minimum atomic E-state index is -0.658. The number of halogens is 2. The second-order valence-corrected chi connectivity index (χ2v) is 7.36. The molecule has 4 nitrogen and oxygen atoms in total. The predicted molar refractivity (Wildman–Crippen MR) is 97.4 cm³/mol. The van der Waals surface area contributed by atoms with Gasteiger partial charge in [-0.05, 0) is 36.1 Å². The number of aliphatic hydroxyl groups excluding tert-OH is 1. The normalized spacial score (nSPS) is 21.3. The second kappa shape index (κ2) is 6.89. The number of carbonyl (C=O) groups excluding carboxylic acids is 1. The van der Waals surface area contributed by atoms with Gasteiger partial charge in [-0.2, -0.15) is 0 Å². The van der Waals surface area contributed by atoms with Gasteiger partial charge in [0.05, 0.1) is 18.7 Å². The minimum Gasteiger partial charge on any atom is -0.390 e. The Balaban J connectivity index is 1.54. The van der Waals surface area contributed by atoms with Crippen LogP contribution in [0.1, 0.15) is 35.6 Å². The molecule has 26 heavy (non-hydrogen) atoms. The fourth-order valence-electron chi connectivity index (χ4n) is 3.57. The van der Waals surface area contributed by atoms with E-state index in [0.29, 0.717) is 17.0 Å². The van der Waals surface area contributed by atoms with Crippen molar-refractivity contribution in [3.8, 4) is 0 Å². The first-order valence-corrected chi connectivity index (χ1v) is 9.18. The summed E-state index contributed by atoms with van der Waals surface area (Å²) in [6.45, 7) is 0.118. The van der Waals surface area contributed by atoms with Crippen molar-refractivity contribution in [3.63, 3.8) is 0 Å². The lowest BCUT2D eigenvalue weighted by molar-refractivity contribution is 0.132. The quantitative estimate of drug-likeness (QED) is 0.855. The van der Waals surface area contributed by atoms with Crippen molar-refractivity contribution in [2.24, 2.45) is 0 Å². The zero-order valence-corrected chi connectivity index (χ0v) is 14.9. The third kappa shape index (κ3) is 3.29. The van der Waals surface area contributed by atoms with Gasteiger partial charge in [0.15, 0.2) is 0 Å². The van der Waals surface area contributed by atoms with Crippen molar-refractivity contribution in [3.05, 3.63) is 70.0 Å². The van der Waals surface area contributed by atoms with Gasteiger partial charge in [0.2, 0.25) is 0 Å². The third-order valence-electron chi connectivity index (χ3n) is 5.12. The summed E-state index contributed by atoms with van der Waals surface area (Å²) in [7, 11) is 0. The van der Waals surface area contributed by atoms with Crippen molar-refractivity contribution in [2.75, 3.05) is 0 Å². The molecular formula is C20H20ClFN2O2. The minimum absolute atomic E-state index is 0.0828. The van der Waals surface area contributed by atoms with E-state index in [1.54, 1.807) is 17.0 Å². The Morgan fingerprint density at radius 2 is 2.00 bits per heavy atom. The molecule has 0 aromatic heterocycles. The van der Waals surface area contributed by atoms with Gasteiger partial charge >= 0.3 is 6.03 Å². The van der Waals surface area contributed by atoms with Crippen LogP contribution in [0.3, 0.4) is 0 Å². The Labute approximate surface area is 156 Å². The molecule has 0 radical (unpaired) electrons. The van der Waals surface area contributed by atoms with Gasteiger partial charge in [-0.1, -0.05) is 41.9 Å². The van der Waals surface area contributed by atoms with E-state index >= 15 is 0 Å². The van der Waals surface area contributed by atoms with Gasteiger partial charge in [-0.15, -0.1) is 0 Å². The Hall–Kier alpha value is -2.11. The van der Waals surface area contributed by atoms with Crippen molar-refractivity contribution in [1.29, 1.82) is 0 Å². The molecule has 2 atom stereocenters. The summed E-state index contributed by atoms with van der Waals surface area (Å²) in [5.74, 6) is -0.415. The predicted octanol–water partition coefficient (Wildman–Crippen LogP) is 3.81. The van der Waals surface area contributed by atoms with E-state index in [-0.39, 0.29) is 18.6 Å². The molecule has 0 bridgehead atoms. The van der Waals surface area contributed by atoms with Gasteiger partial charge in [0, 0.05) is 23.0 Å². The highest BCUT2D eigenvalue weighted by molar-refractivity contribution is 6.31. The fraction of sp³-hybridized carbons (Fsp3) is 0.350. The monoisotopic (exact) mass is 374 g/mol. The first-order chi connectivity index (χ1) is 12.5. The summed E-state index contributed by atoms with van der Waals surface area (Å²) in [5.41, 5.74) is 2.30. The van der Waals surface area contributed by atoms with Crippen molar-refractivity contribution < 1.29 is 14.3 Å². The van der Waals surface area contributed by atoms with Gasteiger partial charge in [0.1, 0.15) is 5.82 Å². The van der Waals surface area contributed by atoms with Crippen molar-refractivity contribution in [2.45, 2.75) is 44.0 Å². The highest BCUT2D eigenvalue weighted by atomic mass is 35.5. The number of rotatable bonds is 4. The number of aliphatic hydroxyl groups is 1. The topological polar surface area (TPSA) is 52.6 Å². The van der Waals surface area contributed by atoms with Gasteiger partial charge in [0.25, 0.3) is 0 Å². The van der Waals surface area contributed by atoms with Crippen molar-refractivity contribution in [1.82, 2.24) is 10.2 Å². The molecule has 2 aromatic rings. The molecule has 0 spiro atoms. The average molecular weight is 375 g/mol. The Morgan fingerprint density at radius 3 is 2.73 bits per heavy atom. The highest BCUT2D eigenvalue weighted by Crippen LogP contribution is 2.34. The number of fused-ring (bicyclic) bond motifs is 1. The molecule has 0 saturated heterocycles. The van der Waals surface area contributed by atoms with Crippen LogP contribution in [0.4, 0.5) is 9.18 Å². The summed E-state index contributed by atoms with van der Waals surface area (Å²) < 4.78 is 14.1. The van der Waals surface area contributed by atoms with Crippen LogP contribution in [0.5, 0.6) is 0 Å². The molecule has 0 aliphatic heterocycles. The smallest absolute Gasteiger partial charge is 0.318 e. The van der Waals surface area contributed by atoms with Gasteiger partial charge in [-0.3, -0.25) is 0 Å². The molecule has 0 unspecified atom stereocenters. The van der Waals surface area contributed by atoms with Gasteiger partial charge < -0.3 is 15.3 Å². The van der Waals surface area contributed by atoms with Crippen LogP contribution in [0.25, 0.3) is 0 Å². The molecule has 2 aromatic carbocycles. The van der Waals surface area contributed by atoms with Crippen LogP contribution >= 0.6 is 11.6 Å². The van der Waals surface area contributed by atoms with E-state index in [1.807, 2.05) is 24.3 Å². The summed E-state index contributed by atoms with van der Waals surface area (Å²) in [6.07, 6.45) is 1.64. The van der Waals surface area contributed by atoms with E-state index < -0.39 is 18.0 Å². The van der Waals surface area contributed by atoms with Crippen LogP contribution in [0.2, 0.25) is 5.02 Å². The SMILES string of the molecule is O=C(N[C@H]1c2ccccc2C[C@@H]1O)N(Cc1c(F)cccc1Cl)C1CC1. The molecule has 6 heteroatoms. The van der Waals surface area contributed by atoms with Crippen LogP contribution in [0.15, 0.2) is 42.5 Å². The number of urea groups is 1. The number of nitrogens with one attached hydrogen (secondary N) is 1. The summed E-state index contributed by atoms with van der Waals surface area (Å²) in [4.78, 5) is 14.5. The van der Waals surface area contributed by atoms with E-state index in [2.05, 4.69) is 5.32 Å². The standard InChI is InChI=1S/C20H20ClFN2O2/c21-16-6-3-7-17(22)15(16)11-24(13-8-9-13)20(26)23-19-14-5-2-1-4-12(14)10-18(19)25/h1-7,13,18-19,25H,8-11H2,(H,23,26)/t18-,19-/m0/s1. The number of hydrogen-bond donors (Lipinski definition) is 2. The Morgan fingerprint density at radius 1 is 1.23 bits per heavy atom. The number of amides is 2. The number of benzene rings is 2. The number of nitrogens with zero attached hydrogens (tertiary/aromatic N) is 1. The first-order valence-electron chi connectivity index (χ1n) is 8.80. The lowest BCUT2D eigenvalue weighted by Gasteiger charge is -2.27. The molecule has 136 valence electrons. The molecule has 2 aliphatic carbocycles.